The van der Waals surface area contributed by atoms with Crippen molar-refractivity contribution in [2.45, 2.75) is 32.4 Å². The molecule has 0 spiro atoms. The molecule has 1 aliphatic rings. The number of benzene rings is 2. The third kappa shape index (κ3) is 5.33. The van der Waals surface area contributed by atoms with E-state index in [-0.39, 0.29) is 17.4 Å². The molecule has 0 atom stereocenters. The molecular weight excluding hydrogens is 362 g/mol. The molecule has 1 heterocycles. The average molecular weight is 392 g/mol. The molecular formula is C24H29N3O2. The molecule has 0 bridgehead atoms. The highest BCUT2D eigenvalue weighted by Crippen LogP contribution is 2.24. The molecule has 0 radical (unpaired) electrons. The van der Waals surface area contributed by atoms with Crippen LogP contribution in [-0.2, 0) is 17.8 Å². The molecule has 0 aliphatic carbocycles. The topological polar surface area (TPSA) is 61.4 Å². The van der Waals surface area contributed by atoms with E-state index >= 15 is 0 Å². The summed E-state index contributed by atoms with van der Waals surface area (Å²) in [6.45, 7) is 6.82. The normalized spacial score (nSPS) is 14.4. The van der Waals surface area contributed by atoms with E-state index in [4.69, 9.17) is 0 Å². The first-order valence-corrected chi connectivity index (χ1v) is 9.99. The molecule has 0 aromatic heterocycles. The fraction of sp³-hybridized carbons (Fsp3) is 0.333. The number of hydrogen-bond acceptors (Lipinski definition) is 3. The molecule has 2 N–H and O–H groups in total. The van der Waals surface area contributed by atoms with Crippen LogP contribution in [0.3, 0.4) is 0 Å². The quantitative estimate of drug-likeness (QED) is 0.744. The summed E-state index contributed by atoms with van der Waals surface area (Å²) in [4.78, 5) is 26.3. The van der Waals surface area contributed by atoms with Crippen LogP contribution in [-0.4, -0.2) is 42.4 Å². The average Bonchev–Trinajstić information content (AvgIpc) is 2.75. The van der Waals surface area contributed by atoms with Gasteiger partial charge in [0.25, 0.3) is 5.91 Å². The summed E-state index contributed by atoms with van der Waals surface area (Å²) < 4.78 is 0. The monoisotopic (exact) mass is 391 g/mol. The van der Waals surface area contributed by atoms with Crippen LogP contribution >= 0.6 is 0 Å². The van der Waals surface area contributed by atoms with Gasteiger partial charge in [0.2, 0.25) is 5.91 Å². The smallest absolute Gasteiger partial charge is 0.251 e. The van der Waals surface area contributed by atoms with E-state index in [1.165, 1.54) is 17.2 Å². The first-order valence-electron chi connectivity index (χ1n) is 9.99. The molecule has 2 aromatic carbocycles. The van der Waals surface area contributed by atoms with Crippen molar-refractivity contribution in [3.05, 3.63) is 76.9 Å². The van der Waals surface area contributed by atoms with Gasteiger partial charge in [0.1, 0.15) is 0 Å². The zero-order valence-corrected chi connectivity index (χ0v) is 17.4. The van der Waals surface area contributed by atoms with E-state index in [1.807, 2.05) is 12.1 Å². The Labute approximate surface area is 172 Å². The maximum atomic E-state index is 12.3. The SMILES string of the molecule is CNC(=O)c1ccc(/C=C/C(=O)NCC(C)(C)N2CCc3ccccc3C2)cc1. The fourth-order valence-corrected chi connectivity index (χ4v) is 3.55. The van der Waals surface area contributed by atoms with Crippen molar-refractivity contribution in [1.29, 1.82) is 0 Å². The van der Waals surface area contributed by atoms with Gasteiger partial charge in [0, 0.05) is 43.9 Å². The third-order valence-electron chi connectivity index (χ3n) is 5.51. The standard InChI is InChI=1S/C24H29N3O2/c1-24(2,27-15-14-19-6-4-5-7-21(19)16-27)17-26-22(28)13-10-18-8-11-20(12-9-18)23(29)25-3/h4-13H,14-17H2,1-3H3,(H,25,29)(H,26,28)/b13-10+. The van der Waals surface area contributed by atoms with Gasteiger partial charge >= 0.3 is 0 Å². The summed E-state index contributed by atoms with van der Waals surface area (Å²) in [7, 11) is 1.60. The predicted molar refractivity (Wildman–Crippen MR) is 117 cm³/mol. The Balaban J connectivity index is 1.53. The lowest BCUT2D eigenvalue weighted by atomic mass is 9.94. The second-order valence-corrected chi connectivity index (χ2v) is 8.00. The number of hydrogen-bond donors (Lipinski definition) is 2. The van der Waals surface area contributed by atoms with E-state index in [0.29, 0.717) is 12.1 Å². The molecule has 152 valence electrons. The van der Waals surface area contributed by atoms with Crippen LogP contribution in [0.1, 0.15) is 40.9 Å². The van der Waals surface area contributed by atoms with Gasteiger partial charge in [-0.15, -0.1) is 0 Å². The Morgan fingerprint density at radius 1 is 1.07 bits per heavy atom. The van der Waals surface area contributed by atoms with Crippen molar-refractivity contribution in [2.75, 3.05) is 20.1 Å². The second-order valence-electron chi connectivity index (χ2n) is 8.00. The summed E-state index contributed by atoms with van der Waals surface area (Å²) in [5.74, 6) is -0.244. The summed E-state index contributed by atoms with van der Waals surface area (Å²) in [5.41, 5.74) is 4.14. The van der Waals surface area contributed by atoms with Crippen LogP contribution < -0.4 is 10.6 Å². The number of rotatable bonds is 6. The summed E-state index contributed by atoms with van der Waals surface area (Å²) in [5, 5.41) is 5.61. The Bertz CT molecular complexity index is 901. The Morgan fingerprint density at radius 3 is 2.45 bits per heavy atom. The van der Waals surface area contributed by atoms with Crippen molar-refractivity contribution >= 4 is 17.9 Å². The second kappa shape index (κ2) is 9.05. The Kier molecular flexibility index (Phi) is 6.49. The molecule has 29 heavy (non-hydrogen) atoms. The lowest BCUT2D eigenvalue weighted by Crippen LogP contribution is -2.53. The lowest BCUT2D eigenvalue weighted by Gasteiger charge is -2.41. The minimum atomic E-state index is -0.133. The summed E-state index contributed by atoms with van der Waals surface area (Å²) in [6, 6.07) is 15.7. The molecule has 0 saturated heterocycles. The number of nitrogens with zero attached hydrogens (tertiary/aromatic N) is 1. The van der Waals surface area contributed by atoms with Gasteiger partial charge in [-0.3, -0.25) is 14.5 Å². The molecule has 0 saturated carbocycles. The van der Waals surface area contributed by atoms with Crippen molar-refractivity contribution in [3.63, 3.8) is 0 Å². The highest BCUT2D eigenvalue weighted by atomic mass is 16.2. The Morgan fingerprint density at radius 2 is 1.76 bits per heavy atom. The van der Waals surface area contributed by atoms with E-state index in [1.54, 1.807) is 25.3 Å². The van der Waals surface area contributed by atoms with Crippen LogP contribution in [0.4, 0.5) is 0 Å². The molecule has 2 amide bonds. The molecule has 0 fully saturated rings. The van der Waals surface area contributed by atoms with Crippen LogP contribution in [0.2, 0.25) is 0 Å². The minimum Gasteiger partial charge on any atom is -0.355 e. The third-order valence-corrected chi connectivity index (χ3v) is 5.51. The highest BCUT2D eigenvalue weighted by molar-refractivity contribution is 5.94. The maximum Gasteiger partial charge on any atom is 0.251 e. The molecule has 5 heteroatoms. The number of carbonyl (C=O) groups is 2. The van der Waals surface area contributed by atoms with E-state index in [0.717, 1.165) is 25.1 Å². The number of nitrogens with one attached hydrogen (secondary N) is 2. The van der Waals surface area contributed by atoms with E-state index < -0.39 is 0 Å². The van der Waals surface area contributed by atoms with Gasteiger partial charge in [0.05, 0.1) is 0 Å². The predicted octanol–water partition coefficient (Wildman–Crippen LogP) is 3.01. The van der Waals surface area contributed by atoms with Crippen LogP contribution in [0.5, 0.6) is 0 Å². The maximum absolute atomic E-state index is 12.3. The fourth-order valence-electron chi connectivity index (χ4n) is 3.55. The van der Waals surface area contributed by atoms with Crippen LogP contribution in [0, 0.1) is 0 Å². The van der Waals surface area contributed by atoms with Crippen molar-refractivity contribution in [2.24, 2.45) is 0 Å². The van der Waals surface area contributed by atoms with E-state index in [2.05, 4.69) is 53.6 Å². The zero-order chi connectivity index (χ0) is 20.9. The van der Waals surface area contributed by atoms with Gasteiger partial charge in [-0.05, 0) is 55.2 Å². The molecule has 5 nitrogen and oxygen atoms in total. The van der Waals surface area contributed by atoms with Crippen molar-refractivity contribution < 1.29 is 9.59 Å². The van der Waals surface area contributed by atoms with Gasteiger partial charge < -0.3 is 10.6 Å². The van der Waals surface area contributed by atoms with Gasteiger partial charge in [-0.25, -0.2) is 0 Å². The van der Waals surface area contributed by atoms with Crippen LogP contribution in [0.25, 0.3) is 6.08 Å². The van der Waals surface area contributed by atoms with Crippen LogP contribution in [0.15, 0.2) is 54.6 Å². The summed E-state index contributed by atoms with van der Waals surface area (Å²) in [6.07, 6.45) is 4.34. The number of fused-ring (bicyclic) bond motifs is 1. The molecule has 1 aliphatic heterocycles. The molecule has 0 unspecified atom stereocenters. The number of carbonyl (C=O) groups excluding carboxylic acids is 2. The zero-order valence-electron chi connectivity index (χ0n) is 17.4. The number of amides is 2. The van der Waals surface area contributed by atoms with Gasteiger partial charge in [-0.2, -0.15) is 0 Å². The molecule has 2 aromatic rings. The first kappa shape index (κ1) is 20.8. The first-order chi connectivity index (χ1) is 13.9. The van der Waals surface area contributed by atoms with Crippen molar-refractivity contribution in [1.82, 2.24) is 15.5 Å². The minimum absolute atomic E-state index is 0.120. The van der Waals surface area contributed by atoms with E-state index in [9.17, 15) is 9.59 Å². The highest BCUT2D eigenvalue weighted by Gasteiger charge is 2.29. The van der Waals surface area contributed by atoms with Gasteiger partial charge in [0.15, 0.2) is 0 Å². The Hall–Kier alpha value is -2.92. The lowest BCUT2D eigenvalue weighted by molar-refractivity contribution is -0.117. The van der Waals surface area contributed by atoms with Gasteiger partial charge in [-0.1, -0.05) is 36.4 Å². The molecule has 3 rings (SSSR count). The summed E-state index contributed by atoms with van der Waals surface area (Å²) >= 11 is 0. The van der Waals surface area contributed by atoms with Crippen molar-refractivity contribution in [3.8, 4) is 0 Å². The largest absolute Gasteiger partial charge is 0.355 e.